The van der Waals surface area contributed by atoms with Gasteiger partial charge >= 0.3 is 0 Å². The van der Waals surface area contributed by atoms with Gasteiger partial charge in [0.25, 0.3) is 5.91 Å². The minimum absolute atomic E-state index is 0.367. The maximum absolute atomic E-state index is 11.7. The summed E-state index contributed by atoms with van der Waals surface area (Å²) < 4.78 is 0.885. The number of anilines is 1. The molecule has 0 saturated carbocycles. The van der Waals surface area contributed by atoms with Crippen molar-refractivity contribution in [2.45, 2.75) is 26.2 Å². The first kappa shape index (κ1) is 16.3. The van der Waals surface area contributed by atoms with E-state index in [-0.39, 0.29) is 5.91 Å². The first-order valence-corrected chi connectivity index (χ1v) is 8.46. The van der Waals surface area contributed by atoms with Gasteiger partial charge in [-0.2, -0.15) is 0 Å². The lowest BCUT2D eigenvalue weighted by molar-refractivity contribution is 0.100. The number of benzene rings is 1. The van der Waals surface area contributed by atoms with Gasteiger partial charge < -0.3 is 16.0 Å². The summed E-state index contributed by atoms with van der Waals surface area (Å²) in [6.45, 7) is 6.26. The fourth-order valence-corrected chi connectivity index (χ4v) is 3.31. The van der Waals surface area contributed by atoms with Crippen molar-refractivity contribution in [2.24, 2.45) is 11.7 Å². The van der Waals surface area contributed by atoms with Crippen LogP contribution in [0.1, 0.15) is 36.5 Å². The highest BCUT2D eigenvalue weighted by molar-refractivity contribution is 9.10. The van der Waals surface area contributed by atoms with Gasteiger partial charge in [0.15, 0.2) is 0 Å². The summed E-state index contributed by atoms with van der Waals surface area (Å²) in [6, 6.07) is 5.79. The van der Waals surface area contributed by atoms with E-state index in [9.17, 15) is 4.79 Å². The van der Waals surface area contributed by atoms with Gasteiger partial charge in [0, 0.05) is 23.2 Å². The Morgan fingerprint density at radius 3 is 2.95 bits per heavy atom. The van der Waals surface area contributed by atoms with E-state index < -0.39 is 0 Å². The average molecular weight is 354 g/mol. The zero-order valence-electron chi connectivity index (χ0n) is 12.6. The third-order valence-corrected chi connectivity index (χ3v) is 4.43. The number of carbonyl (C=O) groups excluding carboxylic acids is 1. The Kier molecular flexibility index (Phi) is 6.06. The zero-order chi connectivity index (χ0) is 15.2. The molecular formula is C16H24BrN3O. The summed E-state index contributed by atoms with van der Waals surface area (Å²) in [5.74, 6) is 0.267. The molecule has 0 aliphatic carbocycles. The largest absolute Gasteiger partial charge is 0.371 e. The van der Waals surface area contributed by atoms with E-state index in [0.29, 0.717) is 11.5 Å². The van der Waals surface area contributed by atoms with Crippen LogP contribution in [0.25, 0.3) is 0 Å². The van der Waals surface area contributed by atoms with E-state index in [1.807, 2.05) is 18.2 Å². The second-order valence-corrected chi connectivity index (χ2v) is 6.60. The van der Waals surface area contributed by atoms with Crippen LogP contribution in [0.3, 0.4) is 0 Å². The lowest BCUT2D eigenvalue weighted by Gasteiger charge is -2.32. The molecule has 0 bridgehead atoms. The third kappa shape index (κ3) is 4.45. The maximum atomic E-state index is 11.7. The Bertz CT molecular complexity index is 486. The van der Waals surface area contributed by atoms with Crippen molar-refractivity contribution in [3.63, 3.8) is 0 Å². The number of nitrogens with two attached hydrogens (primary N) is 1. The summed E-state index contributed by atoms with van der Waals surface area (Å²) in [5, 5.41) is 3.45. The molecule has 0 radical (unpaired) electrons. The smallest absolute Gasteiger partial charge is 0.250 e. The highest BCUT2D eigenvalue weighted by atomic mass is 79.9. The molecule has 2 rings (SSSR count). The molecule has 1 unspecified atom stereocenters. The van der Waals surface area contributed by atoms with E-state index in [1.54, 1.807) is 0 Å². The number of halogens is 1. The average Bonchev–Trinajstić information content (AvgIpc) is 2.48. The van der Waals surface area contributed by atoms with Crippen LogP contribution in [0.5, 0.6) is 0 Å². The Morgan fingerprint density at radius 2 is 2.33 bits per heavy atom. The molecule has 1 aromatic carbocycles. The number of nitrogens with one attached hydrogen (secondary N) is 1. The Hall–Kier alpha value is -1.07. The van der Waals surface area contributed by atoms with Crippen LogP contribution in [-0.4, -0.2) is 32.1 Å². The molecule has 1 fully saturated rings. The molecule has 116 valence electrons. The fourth-order valence-electron chi connectivity index (χ4n) is 2.95. The van der Waals surface area contributed by atoms with E-state index in [4.69, 9.17) is 5.73 Å². The number of nitrogens with zero attached hydrogens (tertiary/aromatic N) is 1. The van der Waals surface area contributed by atoms with E-state index >= 15 is 0 Å². The first-order chi connectivity index (χ1) is 10.1. The molecule has 3 N–H and O–H groups in total. The molecule has 1 amide bonds. The van der Waals surface area contributed by atoms with E-state index in [2.05, 4.69) is 33.1 Å². The molecule has 1 atom stereocenters. The van der Waals surface area contributed by atoms with Gasteiger partial charge in [0.2, 0.25) is 0 Å². The summed E-state index contributed by atoms with van der Waals surface area (Å²) in [5.41, 5.74) is 7.11. The quantitative estimate of drug-likeness (QED) is 0.826. The lowest BCUT2D eigenvalue weighted by atomic mass is 9.98. The van der Waals surface area contributed by atoms with E-state index in [0.717, 1.165) is 42.8 Å². The van der Waals surface area contributed by atoms with Crippen molar-refractivity contribution in [1.29, 1.82) is 0 Å². The predicted molar refractivity (Wildman–Crippen MR) is 90.8 cm³/mol. The van der Waals surface area contributed by atoms with Crippen LogP contribution in [0, 0.1) is 5.92 Å². The molecule has 1 aliphatic heterocycles. The lowest BCUT2D eigenvalue weighted by Crippen LogP contribution is -2.39. The highest BCUT2D eigenvalue weighted by Gasteiger charge is 2.20. The molecule has 5 heteroatoms. The fraction of sp³-hybridized carbons (Fsp3) is 0.562. The summed E-state index contributed by atoms with van der Waals surface area (Å²) in [7, 11) is 0. The van der Waals surface area contributed by atoms with Gasteiger partial charge in [-0.3, -0.25) is 4.79 Å². The van der Waals surface area contributed by atoms with Crippen LogP contribution in [-0.2, 0) is 0 Å². The number of primary amides is 1. The minimum Gasteiger partial charge on any atom is -0.371 e. The monoisotopic (exact) mass is 353 g/mol. The van der Waals surface area contributed by atoms with Crippen molar-refractivity contribution < 1.29 is 4.79 Å². The predicted octanol–water partition coefficient (Wildman–Crippen LogP) is 2.76. The topological polar surface area (TPSA) is 58.4 Å². The van der Waals surface area contributed by atoms with Gasteiger partial charge in [-0.15, -0.1) is 0 Å². The van der Waals surface area contributed by atoms with Crippen LogP contribution in [0.2, 0.25) is 0 Å². The van der Waals surface area contributed by atoms with Crippen molar-refractivity contribution in [3.8, 4) is 0 Å². The van der Waals surface area contributed by atoms with Gasteiger partial charge in [-0.25, -0.2) is 0 Å². The molecule has 1 aliphatic rings. The Labute approximate surface area is 135 Å². The van der Waals surface area contributed by atoms with Gasteiger partial charge in [-0.1, -0.05) is 22.9 Å². The van der Waals surface area contributed by atoms with Crippen molar-refractivity contribution in [3.05, 3.63) is 28.2 Å². The first-order valence-electron chi connectivity index (χ1n) is 7.66. The van der Waals surface area contributed by atoms with Crippen molar-refractivity contribution in [2.75, 3.05) is 31.1 Å². The third-order valence-electron chi connectivity index (χ3n) is 3.94. The molecular weight excluding hydrogens is 330 g/mol. The molecule has 1 heterocycles. The standard InChI is InChI=1S/C16H24BrN3O/c1-2-8-20(11-12-4-3-7-19-10-12)15-6-5-13(17)9-14(15)16(18)21/h5-6,9,12,19H,2-4,7-8,10-11H2,1H3,(H2,18,21). The van der Waals surface area contributed by atoms with Gasteiger partial charge in [0.05, 0.1) is 5.56 Å². The summed E-state index contributed by atoms with van der Waals surface area (Å²) >= 11 is 3.41. The molecule has 1 aromatic rings. The van der Waals surface area contributed by atoms with Crippen LogP contribution < -0.4 is 16.0 Å². The van der Waals surface area contributed by atoms with Crippen LogP contribution in [0.15, 0.2) is 22.7 Å². The summed E-state index contributed by atoms with van der Waals surface area (Å²) in [4.78, 5) is 14.0. The van der Waals surface area contributed by atoms with Crippen molar-refractivity contribution in [1.82, 2.24) is 5.32 Å². The number of hydrogen-bond donors (Lipinski definition) is 2. The van der Waals surface area contributed by atoms with E-state index in [1.165, 1.54) is 12.8 Å². The highest BCUT2D eigenvalue weighted by Crippen LogP contribution is 2.26. The normalized spacial score (nSPS) is 18.5. The number of carbonyl (C=O) groups is 1. The molecule has 1 saturated heterocycles. The summed E-state index contributed by atoms with van der Waals surface area (Å²) in [6.07, 6.45) is 3.53. The molecule has 0 aromatic heterocycles. The molecule has 0 spiro atoms. The van der Waals surface area contributed by atoms with Crippen LogP contribution >= 0.6 is 15.9 Å². The molecule has 4 nitrogen and oxygen atoms in total. The number of amides is 1. The maximum Gasteiger partial charge on any atom is 0.250 e. The van der Waals surface area contributed by atoms with Gasteiger partial charge in [-0.05, 0) is 56.5 Å². The Balaban J connectivity index is 2.22. The molecule has 21 heavy (non-hydrogen) atoms. The number of piperidine rings is 1. The second kappa shape index (κ2) is 7.80. The van der Waals surface area contributed by atoms with Crippen molar-refractivity contribution >= 4 is 27.5 Å². The number of rotatable bonds is 6. The van der Waals surface area contributed by atoms with Gasteiger partial charge in [0.1, 0.15) is 0 Å². The van der Waals surface area contributed by atoms with Crippen LogP contribution in [0.4, 0.5) is 5.69 Å². The number of hydrogen-bond acceptors (Lipinski definition) is 3. The zero-order valence-corrected chi connectivity index (χ0v) is 14.2. The SMILES string of the molecule is CCCN(CC1CCCNC1)c1ccc(Br)cc1C(N)=O. The Morgan fingerprint density at radius 1 is 1.52 bits per heavy atom. The second-order valence-electron chi connectivity index (χ2n) is 5.68. The minimum atomic E-state index is -0.367.